The molecule has 4 nitrogen and oxygen atoms in total. The minimum Gasteiger partial charge on any atom is -0.383 e. The van der Waals surface area contributed by atoms with Crippen LogP contribution in [0.2, 0.25) is 0 Å². The van der Waals surface area contributed by atoms with Gasteiger partial charge in [-0.25, -0.2) is 4.98 Å². The minimum atomic E-state index is 0.237. The van der Waals surface area contributed by atoms with Crippen molar-refractivity contribution in [2.75, 3.05) is 23.9 Å². The maximum Gasteiger partial charge on any atom is 0.225 e. The molecule has 1 heterocycles. The second-order valence-electron chi connectivity index (χ2n) is 3.89. The molecule has 0 saturated heterocycles. The number of hydrogen-bond acceptors (Lipinski definition) is 5. The molecule has 0 radical (unpaired) electrons. The van der Waals surface area contributed by atoms with E-state index in [0.717, 1.165) is 19.4 Å². The smallest absolute Gasteiger partial charge is 0.225 e. The summed E-state index contributed by atoms with van der Waals surface area (Å²) in [6.45, 7) is 5.26. The molecule has 0 bridgehead atoms. The Morgan fingerprint density at radius 1 is 1.41 bits per heavy atom. The lowest BCUT2D eigenvalue weighted by Gasteiger charge is -2.29. The van der Waals surface area contributed by atoms with E-state index >= 15 is 0 Å². The van der Waals surface area contributed by atoms with Crippen LogP contribution in [0.4, 0.5) is 11.8 Å². The van der Waals surface area contributed by atoms with Crippen LogP contribution in [0.5, 0.6) is 0 Å². The van der Waals surface area contributed by atoms with Gasteiger partial charge in [0.2, 0.25) is 5.95 Å². The third-order valence-electron chi connectivity index (χ3n) is 3.01. The summed E-state index contributed by atoms with van der Waals surface area (Å²) in [6.07, 6.45) is 4.37. The molecule has 6 heteroatoms. The Morgan fingerprint density at radius 3 is 2.53 bits per heavy atom. The van der Waals surface area contributed by atoms with E-state index < -0.39 is 0 Å². The Kier molecular flexibility index (Phi) is 5.52. The molecule has 0 aliphatic rings. The fourth-order valence-electron chi connectivity index (χ4n) is 1.62. The number of nitrogens with zero attached hydrogens (tertiary/aromatic N) is 2. The summed E-state index contributed by atoms with van der Waals surface area (Å²) >= 11 is 5.19. The number of anilines is 2. The van der Waals surface area contributed by atoms with E-state index in [0.29, 0.717) is 16.4 Å². The van der Waals surface area contributed by atoms with Crippen molar-refractivity contribution < 1.29 is 0 Å². The molecule has 96 valence electrons. The molecule has 0 aliphatic carbocycles. The molecular formula is C11H19BrN4S. The van der Waals surface area contributed by atoms with Crippen molar-refractivity contribution in [2.45, 2.75) is 31.4 Å². The Balaban J connectivity index is 2.71. The highest BCUT2D eigenvalue weighted by molar-refractivity contribution is 9.10. The largest absolute Gasteiger partial charge is 0.383 e. The molecule has 0 amide bonds. The Morgan fingerprint density at radius 2 is 2.06 bits per heavy atom. The number of rotatable bonds is 6. The van der Waals surface area contributed by atoms with Crippen LogP contribution in [0.1, 0.15) is 26.7 Å². The molecule has 3 N–H and O–H groups in total. The maximum absolute atomic E-state index is 5.67. The van der Waals surface area contributed by atoms with Crippen LogP contribution >= 0.6 is 27.7 Å². The van der Waals surface area contributed by atoms with Gasteiger partial charge in [-0.15, -0.1) is 0 Å². The first-order valence-corrected chi connectivity index (χ1v) is 7.66. The molecule has 17 heavy (non-hydrogen) atoms. The summed E-state index contributed by atoms with van der Waals surface area (Å²) < 4.78 is 0.940. The summed E-state index contributed by atoms with van der Waals surface area (Å²) in [6, 6.07) is 1.69. The number of aromatic nitrogens is 2. The first kappa shape index (κ1) is 14.6. The van der Waals surface area contributed by atoms with Crippen LogP contribution in [-0.4, -0.2) is 27.5 Å². The lowest BCUT2D eigenvalue weighted by molar-refractivity contribution is 0.573. The van der Waals surface area contributed by atoms with E-state index in [1.807, 2.05) is 11.8 Å². The Bertz CT molecular complexity index is 340. The van der Waals surface area contributed by atoms with Crippen LogP contribution < -0.4 is 11.1 Å². The molecule has 0 aliphatic heterocycles. The molecule has 0 atom stereocenters. The van der Waals surface area contributed by atoms with E-state index in [-0.39, 0.29) is 4.75 Å². The van der Waals surface area contributed by atoms with E-state index in [9.17, 15) is 0 Å². The van der Waals surface area contributed by atoms with Gasteiger partial charge in [-0.05, 0) is 35.0 Å². The lowest BCUT2D eigenvalue weighted by Crippen LogP contribution is -2.32. The van der Waals surface area contributed by atoms with Crippen molar-refractivity contribution >= 4 is 39.5 Å². The number of halogens is 1. The van der Waals surface area contributed by atoms with Crippen molar-refractivity contribution in [1.82, 2.24) is 9.97 Å². The van der Waals surface area contributed by atoms with Gasteiger partial charge in [-0.1, -0.05) is 13.8 Å². The van der Waals surface area contributed by atoms with Crippen LogP contribution in [0.25, 0.3) is 0 Å². The van der Waals surface area contributed by atoms with E-state index in [2.05, 4.69) is 51.3 Å². The summed E-state index contributed by atoms with van der Waals surface area (Å²) in [5, 5.41) is 3.27. The molecule has 1 rings (SSSR count). The van der Waals surface area contributed by atoms with Crippen LogP contribution in [0.3, 0.4) is 0 Å². The summed E-state index contributed by atoms with van der Waals surface area (Å²) in [5.74, 6) is 1.05. The van der Waals surface area contributed by atoms with Crippen LogP contribution in [0, 0.1) is 0 Å². The molecular weight excluding hydrogens is 300 g/mol. The zero-order valence-corrected chi connectivity index (χ0v) is 12.9. The first-order chi connectivity index (χ1) is 8.05. The highest BCUT2D eigenvalue weighted by Crippen LogP contribution is 2.30. The number of nitrogen functional groups attached to an aromatic ring is 1. The topological polar surface area (TPSA) is 63.8 Å². The average Bonchev–Trinajstić information content (AvgIpc) is 2.30. The van der Waals surface area contributed by atoms with Crippen molar-refractivity contribution in [1.29, 1.82) is 0 Å². The third kappa shape index (κ3) is 4.03. The summed E-state index contributed by atoms with van der Waals surface area (Å²) in [5.41, 5.74) is 5.67. The van der Waals surface area contributed by atoms with Crippen molar-refractivity contribution in [3.05, 3.63) is 10.7 Å². The second-order valence-corrected chi connectivity index (χ2v) is 5.97. The van der Waals surface area contributed by atoms with Crippen LogP contribution in [-0.2, 0) is 0 Å². The SMILES string of the molecule is CCC(CC)(CNc1nc(N)cc(Br)n1)SC. The Labute approximate surface area is 115 Å². The number of hydrogen-bond donors (Lipinski definition) is 2. The van der Waals surface area contributed by atoms with Gasteiger partial charge in [0.1, 0.15) is 10.4 Å². The molecule has 0 fully saturated rings. The monoisotopic (exact) mass is 318 g/mol. The highest BCUT2D eigenvalue weighted by atomic mass is 79.9. The normalized spacial score (nSPS) is 11.5. The van der Waals surface area contributed by atoms with Gasteiger partial charge in [0.15, 0.2) is 0 Å². The lowest BCUT2D eigenvalue weighted by atomic mass is 10.0. The van der Waals surface area contributed by atoms with Gasteiger partial charge in [0, 0.05) is 17.4 Å². The van der Waals surface area contributed by atoms with Crippen molar-refractivity contribution in [2.24, 2.45) is 0 Å². The fraction of sp³-hybridized carbons (Fsp3) is 0.636. The van der Waals surface area contributed by atoms with Gasteiger partial charge in [0.25, 0.3) is 0 Å². The second kappa shape index (κ2) is 6.44. The van der Waals surface area contributed by atoms with Gasteiger partial charge >= 0.3 is 0 Å². The van der Waals surface area contributed by atoms with Crippen molar-refractivity contribution in [3.63, 3.8) is 0 Å². The Hall–Kier alpha value is -0.490. The molecule has 1 aromatic heterocycles. The van der Waals surface area contributed by atoms with Gasteiger partial charge in [-0.2, -0.15) is 16.7 Å². The maximum atomic E-state index is 5.67. The molecule has 0 aromatic carbocycles. The molecule has 0 saturated carbocycles. The average molecular weight is 319 g/mol. The molecule has 0 spiro atoms. The number of nitrogens with one attached hydrogen (secondary N) is 1. The van der Waals surface area contributed by atoms with Gasteiger partial charge in [-0.3, -0.25) is 0 Å². The van der Waals surface area contributed by atoms with Gasteiger partial charge < -0.3 is 11.1 Å². The third-order valence-corrected chi connectivity index (χ3v) is 5.00. The zero-order valence-electron chi connectivity index (χ0n) is 10.5. The minimum absolute atomic E-state index is 0.237. The van der Waals surface area contributed by atoms with E-state index in [4.69, 9.17) is 5.73 Å². The predicted molar refractivity (Wildman–Crippen MR) is 79.5 cm³/mol. The van der Waals surface area contributed by atoms with Gasteiger partial charge in [0.05, 0.1) is 0 Å². The van der Waals surface area contributed by atoms with Crippen molar-refractivity contribution in [3.8, 4) is 0 Å². The number of nitrogens with two attached hydrogens (primary N) is 1. The number of thioether (sulfide) groups is 1. The predicted octanol–water partition coefficient (Wildman–Crippen LogP) is 3.16. The summed E-state index contributed by atoms with van der Waals surface area (Å²) in [4.78, 5) is 8.40. The zero-order chi connectivity index (χ0) is 12.9. The first-order valence-electron chi connectivity index (χ1n) is 5.64. The standard InChI is InChI=1S/C11H19BrN4S/c1-4-11(5-2,17-3)7-14-10-15-8(12)6-9(13)16-10/h6H,4-5,7H2,1-3H3,(H3,13,14,15,16). The fourth-order valence-corrected chi connectivity index (χ4v) is 2.81. The van der Waals surface area contributed by atoms with E-state index in [1.165, 1.54) is 0 Å². The quantitative estimate of drug-likeness (QED) is 0.789. The molecule has 1 aromatic rings. The molecule has 0 unspecified atom stereocenters. The highest BCUT2D eigenvalue weighted by Gasteiger charge is 2.24. The van der Waals surface area contributed by atoms with E-state index in [1.54, 1.807) is 6.07 Å². The van der Waals surface area contributed by atoms with Crippen LogP contribution in [0.15, 0.2) is 10.7 Å². The summed E-state index contributed by atoms with van der Waals surface area (Å²) in [7, 11) is 0.